The van der Waals surface area contributed by atoms with Crippen molar-refractivity contribution in [1.29, 1.82) is 0 Å². The number of ether oxygens (including phenoxy) is 1. The molecule has 0 amide bonds. The zero-order valence-corrected chi connectivity index (χ0v) is 11.6. The zero-order chi connectivity index (χ0) is 12.3. The molecule has 1 atom stereocenters. The van der Waals surface area contributed by atoms with Crippen molar-refractivity contribution in [2.75, 3.05) is 0 Å². The molecule has 88 valence electrons. The Morgan fingerprint density at radius 2 is 1.94 bits per heavy atom. The lowest BCUT2D eigenvalue weighted by Crippen LogP contribution is -2.08. The number of halogens is 1. The molecule has 17 heavy (non-hydrogen) atoms. The van der Waals surface area contributed by atoms with Crippen LogP contribution in [0.1, 0.15) is 13.8 Å². The van der Waals surface area contributed by atoms with Crippen LogP contribution in [-0.2, 0) is 0 Å². The number of hydrogen-bond acceptors (Lipinski definition) is 1. The number of benzene rings is 2. The van der Waals surface area contributed by atoms with Gasteiger partial charge in [-0.15, -0.1) is 0 Å². The predicted molar refractivity (Wildman–Crippen MR) is 76.6 cm³/mol. The Kier molecular flexibility index (Phi) is 3.85. The molecule has 2 heteroatoms. The number of rotatable bonds is 3. The van der Waals surface area contributed by atoms with E-state index in [1.165, 1.54) is 10.8 Å². The fraction of sp³-hybridized carbons (Fsp3) is 0.200. The van der Waals surface area contributed by atoms with E-state index in [0.717, 1.165) is 10.2 Å². The molecule has 0 heterocycles. The van der Waals surface area contributed by atoms with Gasteiger partial charge in [0.15, 0.2) is 0 Å². The van der Waals surface area contributed by atoms with Crippen molar-refractivity contribution in [2.45, 2.75) is 20.0 Å². The molecule has 0 saturated carbocycles. The summed E-state index contributed by atoms with van der Waals surface area (Å²) in [7, 11) is 0. The van der Waals surface area contributed by atoms with Crippen LogP contribution >= 0.6 is 15.9 Å². The monoisotopic (exact) mass is 290 g/mol. The molecule has 2 aromatic rings. The highest BCUT2D eigenvalue weighted by molar-refractivity contribution is 9.10. The molecule has 0 N–H and O–H groups in total. The van der Waals surface area contributed by atoms with Gasteiger partial charge in [-0.1, -0.05) is 36.4 Å². The van der Waals surface area contributed by atoms with Crippen LogP contribution < -0.4 is 4.74 Å². The van der Waals surface area contributed by atoms with Gasteiger partial charge in [0.1, 0.15) is 11.9 Å². The highest BCUT2D eigenvalue weighted by Crippen LogP contribution is 2.33. The van der Waals surface area contributed by atoms with Crippen LogP contribution in [0.3, 0.4) is 0 Å². The second-order valence-electron chi connectivity index (χ2n) is 3.95. The molecule has 2 aromatic carbocycles. The molecule has 0 saturated heterocycles. The van der Waals surface area contributed by atoms with E-state index < -0.39 is 0 Å². The summed E-state index contributed by atoms with van der Waals surface area (Å²) in [4.78, 5) is 0. The van der Waals surface area contributed by atoms with Crippen molar-refractivity contribution in [3.05, 3.63) is 53.0 Å². The lowest BCUT2D eigenvalue weighted by atomic mass is 10.1. The second kappa shape index (κ2) is 5.37. The molecule has 0 fully saturated rings. The molecule has 0 aromatic heterocycles. The van der Waals surface area contributed by atoms with Gasteiger partial charge in [-0.25, -0.2) is 0 Å². The third-order valence-corrected chi connectivity index (χ3v) is 3.42. The van der Waals surface area contributed by atoms with Gasteiger partial charge >= 0.3 is 0 Å². The molecule has 0 aliphatic carbocycles. The first kappa shape index (κ1) is 12.2. The van der Waals surface area contributed by atoms with Crippen molar-refractivity contribution < 1.29 is 4.74 Å². The minimum Gasteiger partial charge on any atom is -0.485 e. The molecule has 1 nitrogen and oxygen atoms in total. The molecule has 0 spiro atoms. The van der Waals surface area contributed by atoms with Crippen molar-refractivity contribution in [2.24, 2.45) is 0 Å². The van der Waals surface area contributed by atoms with E-state index in [2.05, 4.69) is 34.1 Å². The van der Waals surface area contributed by atoms with Gasteiger partial charge in [0, 0.05) is 0 Å². The molecular formula is C15H15BrO. The largest absolute Gasteiger partial charge is 0.485 e. The van der Waals surface area contributed by atoms with Crippen LogP contribution in [0.5, 0.6) is 5.75 Å². The molecule has 0 radical (unpaired) electrons. The third-order valence-electron chi connectivity index (χ3n) is 2.60. The van der Waals surface area contributed by atoms with Crippen molar-refractivity contribution in [3.8, 4) is 5.75 Å². The standard InChI is InChI=1S/C15H15BrO/c1-3-6-11(2)17-14-10-9-12-7-4-5-8-13(12)15(14)16/h3-11H,1-2H3/b6-3+. The van der Waals surface area contributed by atoms with E-state index >= 15 is 0 Å². The highest BCUT2D eigenvalue weighted by Gasteiger charge is 2.07. The Labute approximate surface area is 110 Å². The maximum atomic E-state index is 5.86. The van der Waals surface area contributed by atoms with E-state index in [1.807, 2.05) is 44.2 Å². The van der Waals surface area contributed by atoms with Crippen LogP contribution in [0, 0.1) is 0 Å². The summed E-state index contributed by atoms with van der Waals surface area (Å²) in [5, 5.41) is 2.39. The fourth-order valence-corrected chi connectivity index (χ4v) is 2.40. The molecule has 0 aliphatic heterocycles. The third kappa shape index (κ3) is 2.70. The van der Waals surface area contributed by atoms with Crippen molar-refractivity contribution in [3.63, 3.8) is 0 Å². The Morgan fingerprint density at radius 3 is 2.71 bits per heavy atom. The molecule has 2 rings (SSSR count). The van der Waals surface area contributed by atoms with Gasteiger partial charge < -0.3 is 4.74 Å². The summed E-state index contributed by atoms with van der Waals surface area (Å²) in [5.41, 5.74) is 0. The lowest BCUT2D eigenvalue weighted by molar-refractivity contribution is 0.268. The van der Waals surface area contributed by atoms with E-state index in [-0.39, 0.29) is 6.10 Å². The molecule has 1 unspecified atom stereocenters. The van der Waals surface area contributed by atoms with E-state index in [1.54, 1.807) is 0 Å². The SMILES string of the molecule is C/C=C/C(C)Oc1ccc2ccccc2c1Br. The van der Waals surface area contributed by atoms with Crippen molar-refractivity contribution in [1.82, 2.24) is 0 Å². The summed E-state index contributed by atoms with van der Waals surface area (Å²) >= 11 is 3.61. The number of hydrogen-bond donors (Lipinski definition) is 0. The first-order valence-electron chi connectivity index (χ1n) is 5.69. The maximum Gasteiger partial charge on any atom is 0.135 e. The van der Waals surface area contributed by atoms with Crippen LogP contribution in [0.15, 0.2) is 53.0 Å². The Balaban J connectivity index is 2.39. The summed E-state index contributed by atoms with van der Waals surface area (Å²) < 4.78 is 6.88. The molecular weight excluding hydrogens is 276 g/mol. The van der Waals surface area contributed by atoms with Gasteiger partial charge in [0.25, 0.3) is 0 Å². The van der Waals surface area contributed by atoms with E-state index in [9.17, 15) is 0 Å². The van der Waals surface area contributed by atoms with E-state index in [4.69, 9.17) is 4.74 Å². The van der Waals surface area contributed by atoms with Crippen LogP contribution in [0.25, 0.3) is 10.8 Å². The molecule has 0 aliphatic rings. The van der Waals surface area contributed by atoms with Crippen LogP contribution in [0.4, 0.5) is 0 Å². The second-order valence-corrected chi connectivity index (χ2v) is 4.74. The number of allylic oxidation sites excluding steroid dienone is 1. The Bertz CT molecular complexity index is 546. The van der Waals surface area contributed by atoms with E-state index in [0.29, 0.717) is 0 Å². The van der Waals surface area contributed by atoms with Crippen molar-refractivity contribution >= 4 is 26.7 Å². The normalized spacial score (nSPS) is 13.1. The minimum atomic E-state index is 0.0810. The molecule has 0 bridgehead atoms. The summed E-state index contributed by atoms with van der Waals surface area (Å²) in [6.07, 6.45) is 4.11. The first-order valence-corrected chi connectivity index (χ1v) is 6.48. The summed E-state index contributed by atoms with van der Waals surface area (Å²) in [6, 6.07) is 12.3. The predicted octanol–water partition coefficient (Wildman–Crippen LogP) is 4.95. The first-order chi connectivity index (χ1) is 8.22. The van der Waals surface area contributed by atoms with Gasteiger partial charge in [-0.3, -0.25) is 0 Å². The average Bonchev–Trinajstić information content (AvgIpc) is 2.33. The summed E-state index contributed by atoms with van der Waals surface area (Å²) in [6.45, 7) is 4.02. The minimum absolute atomic E-state index is 0.0810. The topological polar surface area (TPSA) is 9.23 Å². The summed E-state index contributed by atoms with van der Waals surface area (Å²) in [5.74, 6) is 0.884. The number of fused-ring (bicyclic) bond motifs is 1. The zero-order valence-electron chi connectivity index (χ0n) is 9.98. The Hall–Kier alpha value is -1.28. The van der Waals surface area contributed by atoms with Gasteiger partial charge in [-0.2, -0.15) is 0 Å². The quantitative estimate of drug-likeness (QED) is 0.727. The average molecular weight is 291 g/mol. The van der Waals surface area contributed by atoms with Crippen LogP contribution in [-0.4, -0.2) is 6.10 Å². The lowest BCUT2D eigenvalue weighted by Gasteiger charge is -2.13. The van der Waals surface area contributed by atoms with Gasteiger partial charge in [-0.05, 0) is 52.7 Å². The van der Waals surface area contributed by atoms with Gasteiger partial charge in [0.2, 0.25) is 0 Å². The maximum absolute atomic E-state index is 5.86. The fourth-order valence-electron chi connectivity index (χ4n) is 1.82. The highest BCUT2D eigenvalue weighted by atomic mass is 79.9. The Morgan fingerprint density at radius 1 is 1.18 bits per heavy atom. The van der Waals surface area contributed by atoms with Gasteiger partial charge in [0.05, 0.1) is 4.47 Å². The smallest absolute Gasteiger partial charge is 0.135 e. The van der Waals surface area contributed by atoms with Crippen LogP contribution in [0.2, 0.25) is 0 Å².